The topological polar surface area (TPSA) is 70.3 Å². The van der Waals surface area contributed by atoms with Crippen LogP contribution in [0.25, 0.3) is 0 Å². The maximum atomic E-state index is 10.2. The molecule has 1 N–H and O–H groups in total. The Balaban J connectivity index is 3.16. The van der Waals surface area contributed by atoms with Gasteiger partial charge in [-0.2, -0.15) is 5.26 Å². The fraction of sp³-hybridized carbons (Fsp3) is 0.714. The lowest BCUT2D eigenvalue weighted by Crippen LogP contribution is -2.06. The lowest BCUT2D eigenvalue weighted by atomic mass is 10.2. The Labute approximate surface area is 65.4 Å². The molecule has 4 heteroatoms. The van der Waals surface area contributed by atoms with Crippen molar-refractivity contribution in [2.24, 2.45) is 0 Å². The average Bonchev–Trinajstić information content (AvgIpc) is 1.97. The van der Waals surface area contributed by atoms with Gasteiger partial charge in [-0.05, 0) is 12.8 Å². The molecule has 0 aliphatic rings. The van der Waals surface area contributed by atoms with Gasteiger partial charge in [-0.25, -0.2) is 0 Å². The quantitative estimate of drug-likeness (QED) is 0.360. The van der Waals surface area contributed by atoms with E-state index in [2.05, 4.69) is 4.74 Å². The minimum atomic E-state index is -0.939. The molecule has 0 unspecified atom stereocenters. The lowest BCUT2D eigenvalue weighted by Gasteiger charge is -2.01. The highest BCUT2D eigenvalue weighted by molar-refractivity contribution is 5.65. The van der Waals surface area contributed by atoms with Gasteiger partial charge in [0.2, 0.25) is 0 Å². The molecule has 0 saturated carbocycles. The van der Waals surface area contributed by atoms with Gasteiger partial charge in [-0.15, -0.1) is 0 Å². The van der Waals surface area contributed by atoms with Crippen LogP contribution in [0.5, 0.6) is 0 Å². The highest BCUT2D eigenvalue weighted by atomic mass is 16.5. The number of aliphatic hydroxyl groups excluding tert-OH is 1. The van der Waals surface area contributed by atoms with Gasteiger partial charge < -0.3 is 9.84 Å². The van der Waals surface area contributed by atoms with Gasteiger partial charge >= 0.3 is 5.97 Å². The number of nitrogens with zero attached hydrogens (tertiary/aromatic N) is 1. The molecule has 11 heavy (non-hydrogen) atoms. The van der Waals surface area contributed by atoms with Gasteiger partial charge in [0.1, 0.15) is 6.10 Å². The molecular formula is C7H11NO3. The highest BCUT2D eigenvalue weighted by Crippen LogP contribution is 1.95. The molecule has 0 saturated heterocycles. The Morgan fingerprint density at radius 3 is 2.91 bits per heavy atom. The number of ether oxygens (including phenoxy) is 1. The van der Waals surface area contributed by atoms with Crippen LogP contribution in [0.15, 0.2) is 0 Å². The minimum Gasteiger partial charge on any atom is -0.466 e. The van der Waals surface area contributed by atoms with E-state index < -0.39 is 6.10 Å². The van der Waals surface area contributed by atoms with E-state index in [1.165, 1.54) is 6.92 Å². The largest absolute Gasteiger partial charge is 0.466 e. The van der Waals surface area contributed by atoms with Gasteiger partial charge in [-0.3, -0.25) is 4.79 Å². The van der Waals surface area contributed by atoms with Crippen LogP contribution in [-0.4, -0.2) is 23.8 Å². The zero-order chi connectivity index (χ0) is 8.69. The molecule has 4 nitrogen and oxygen atoms in total. The summed E-state index contributed by atoms with van der Waals surface area (Å²) in [5.74, 6) is -0.337. The van der Waals surface area contributed by atoms with Gasteiger partial charge in [0.25, 0.3) is 0 Å². The second-order valence-electron chi connectivity index (χ2n) is 2.13. The van der Waals surface area contributed by atoms with E-state index in [1.807, 2.05) is 0 Å². The Morgan fingerprint density at radius 2 is 2.45 bits per heavy atom. The van der Waals surface area contributed by atoms with Gasteiger partial charge in [0.05, 0.1) is 12.7 Å². The summed E-state index contributed by atoms with van der Waals surface area (Å²) in [6, 6.07) is 1.67. The predicted octanol–water partition coefficient (Wildman–Crippen LogP) is 0.214. The molecule has 0 heterocycles. The van der Waals surface area contributed by atoms with Crippen LogP contribution in [0.2, 0.25) is 0 Å². The number of hydrogen-bond donors (Lipinski definition) is 1. The van der Waals surface area contributed by atoms with Crippen molar-refractivity contribution >= 4 is 5.97 Å². The summed E-state index contributed by atoms with van der Waals surface area (Å²) in [4.78, 5) is 10.2. The molecule has 0 fully saturated rings. The van der Waals surface area contributed by atoms with E-state index in [0.717, 1.165) is 0 Å². The maximum Gasteiger partial charge on any atom is 0.302 e. The third-order valence-corrected chi connectivity index (χ3v) is 1.08. The molecular weight excluding hydrogens is 146 g/mol. The molecule has 0 aliphatic carbocycles. The van der Waals surface area contributed by atoms with E-state index in [-0.39, 0.29) is 12.6 Å². The van der Waals surface area contributed by atoms with Crippen molar-refractivity contribution in [3.8, 4) is 6.07 Å². The van der Waals surface area contributed by atoms with Crippen molar-refractivity contribution in [1.29, 1.82) is 5.26 Å². The van der Waals surface area contributed by atoms with Crippen LogP contribution in [0.4, 0.5) is 0 Å². The average molecular weight is 157 g/mol. The molecule has 0 spiro atoms. The number of carbonyl (C=O) groups excluding carboxylic acids is 1. The summed E-state index contributed by atoms with van der Waals surface area (Å²) < 4.78 is 4.58. The number of aliphatic hydroxyl groups is 1. The molecule has 0 aromatic carbocycles. The standard InChI is InChI=1S/C7H11NO3/c1-6(9)11-4-2-3-7(10)5-8/h7,10H,2-4H2,1H3/t7-/m1/s1. The first-order valence-electron chi connectivity index (χ1n) is 3.38. The summed E-state index contributed by atoms with van der Waals surface area (Å²) in [6.45, 7) is 1.59. The van der Waals surface area contributed by atoms with Gasteiger partial charge in [-0.1, -0.05) is 0 Å². The SMILES string of the molecule is CC(=O)OCCC[C@@H](O)C#N. The van der Waals surface area contributed by atoms with Gasteiger partial charge in [0, 0.05) is 6.92 Å². The molecule has 0 bridgehead atoms. The van der Waals surface area contributed by atoms with Crippen molar-refractivity contribution < 1.29 is 14.6 Å². The van der Waals surface area contributed by atoms with Crippen molar-refractivity contribution in [2.45, 2.75) is 25.9 Å². The van der Waals surface area contributed by atoms with Crippen molar-refractivity contribution in [3.05, 3.63) is 0 Å². The van der Waals surface area contributed by atoms with Crippen molar-refractivity contribution in [1.82, 2.24) is 0 Å². The lowest BCUT2D eigenvalue weighted by molar-refractivity contribution is -0.141. The number of rotatable bonds is 4. The van der Waals surface area contributed by atoms with E-state index in [1.54, 1.807) is 6.07 Å². The molecule has 62 valence electrons. The second-order valence-corrected chi connectivity index (χ2v) is 2.13. The van der Waals surface area contributed by atoms with Crippen LogP contribution < -0.4 is 0 Å². The minimum absolute atomic E-state index is 0.272. The Bertz CT molecular complexity index is 162. The first-order valence-corrected chi connectivity index (χ1v) is 3.38. The molecule has 0 amide bonds. The van der Waals surface area contributed by atoms with E-state index in [9.17, 15) is 4.79 Å². The Hall–Kier alpha value is -1.08. The van der Waals surface area contributed by atoms with Gasteiger partial charge in [0.15, 0.2) is 0 Å². The zero-order valence-corrected chi connectivity index (χ0v) is 6.41. The summed E-state index contributed by atoms with van der Waals surface area (Å²) >= 11 is 0. The monoisotopic (exact) mass is 157 g/mol. The maximum absolute atomic E-state index is 10.2. The number of hydrogen-bond acceptors (Lipinski definition) is 4. The fourth-order valence-electron chi connectivity index (χ4n) is 0.557. The zero-order valence-electron chi connectivity index (χ0n) is 6.41. The number of carbonyl (C=O) groups is 1. The fourth-order valence-corrected chi connectivity index (χ4v) is 0.557. The summed E-state index contributed by atoms with van der Waals surface area (Å²) in [7, 11) is 0. The van der Waals surface area contributed by atoms with E-state index in [4.69, 9.17) is 10.4 Å². The molecule has 1 atom stereocenters. The summed E-state index contributed by atoms with van der Waals surface area (Å²) in [6.07, 6.45) is -0.0662. The third kappa shape index (κ3) is 6.81. The first-order chi connectivity index (χ1) is 5.16. The smallest absolute Gasteiger partial charge is 0.302 e. The van der Waals surface area contributed by atoms with Crippen LogP contribution >= 0.6 is 0 Å². The Morgan fingerprint density at radius 1 is 1.82 bits per heavy atom. The number of nitriles is 1. The molecule has 0 radical (unpaired) electrons. The molecule has 0 aromatic heterocycles. The van der Waals surface area contributed by atoms with Crippen LogP contribution in [-0.2, 0) is 9.53 Å². The van der Waals surface area contributed by atoms with Crippen molar-refractivity contribution in [2.75, 3.05) is 6.61 Å². The normalized spacial score (nSPS) is 11.7. The van der Waals surface area contributed by atoms with Crippen LogP contribution in [0.3, 0.4) is 0 Å². The molecule has 0 rings (SSSR count). The first kappa shape index (κ1) is 9.92. The summed E-state index contributed by atoms with van der Waals surface area (Å²) in [5.41, 5.74) is 0. The molecule has 0 aliphatic heterocycles. The van der Waals surface area contributed by atoms with E-state index in [0.29, 0.717) is 12.8 Å². The highest BCUT2D eigenvalue weighted by Gasteiger charge is 2.00. The Kier molecular flexibility index (Phi) is 5.13. The summed E-state index contributed by atoms with van der Waals surface area (Å²) in [5, 5.41) is 16.9. The number of esters is 1. The second kappa shape index (κ2) is 5.69. The predicted molar refractivity (Wildman–Crippen MR) is 37.5 cm³/mol. The van der Waals surface area contributed by atoms with E-state index >= 15 is 0 Å². The molecule has 0 aromatic rings. The third-order valence-electron chi connectivity index (χ3n) is 1.08. The van der Waals surface area contributed by atoms with Crippen molar-refractivity contribution in [3.63, 3.8) is 0 Å². The van der Waals surface area contributed by atoms with Crippen LogP contribution in [0.1, 0.15) is 19.8 Å². The van der Waals surface area contributed by atoms with Crippen LogP contribution in [0, 0.1) is 11.3 Å².